The maximum atomic E-state index is 13.3. The van der Waals surface area contributed by atoms with Gasteiger partial charge in [0, 0.05) is 29.7 Å². The van der Waals surface area contributed by atoms with Gasteiger partial charge in [0.1, 0.15) is 10.6 Å². The minimum Gasteiger partial charge on any atom is -0.305 e. The Hall–Kier alpha value is -2.95. The van der Waals surface area contributed by atoms with E-state index in [-0.39, 0.29) is 24.0 Å². The minimum atomic E-state index is -9.78. The molecule has 1 atom stereocenters. The quantitative estimate of drug-likeness (QED) is 0.386. The molecule has 3 aromatic rings. The summed E-state index contributed by atoms with van der Waals surface area (Å²) >= 11 is 0. The number of benzene rings is 1. The fourth-order valence-electron chi connectivity index (χ4n) is 3.82. The van der Waals surface area contributed by atoms with E-state index in [1.54, 1.807) is 23.1 Å². The first-order valence-corrected chi connectivity index (χ1v) is 11.9. The fourth-order valence-corrected chi connectivity index (χ4v) is 4.47. The number of amides is 1. The number of carbonyl (C=O) groups is 1. The van der Waals surface area contributed by atoms with Crippen LogP contribution in [0.3, 0.4) is 0 Å². The largest absolute Gasteiger partial charge is 0.310 e. The Morgan fingerprint density at radius 1 is 1.09 bits per heavy atom. The van der Waals surface area contributed by atoms with Gasteiger partial charge in [0.05, 0.1) is 12.2 Å². The van der Waals surface area contributed by atoms with E-state index in [2.05, 4.69) is 10.1 Å². The lowest BCUT2D eigenvalue weighted by Gasteiger charge is -2.40. The van der Waals surface area contributed by atoms with Gasteiger partial charge in [-0.2, -0.15) is 5.10 Å². The highest BCUT2D eigenvalue weighted by atomic mass is 32.5. The summed E-state index contributed by atoms with van der Waals surface area (Å²) in [7, 11) is -9.78. The summed E-state index contributed by atoms with van der Waals surface area (Å²) in [4.78, 5) is 16.9. The Morgan fingerprint density at radius 2 is 1.78 bits per heavy atom. The van der Waals surface area contributed by atoms with E-state index in [9.17, 15) is 24.2 Å². The normalized spacial score (nSPS) is 18.8. The van der Waals surface area contributed by atoms with Crippen LogP contribution in [0.25, 0.3) is 11.1 Å². The molecule has 0 spiro atoms. The molecule has 1 aliphatic rings. The highest BCUT2D eigenvalue weighted by Crippen LogP contribution is 3.02. The second-order valence-corrected chi connectivity index (χ2v) is 10.3. The third-order valence-corrected chi connectivity index (χ3v) is 6.50. The van der Waals surface area contributed by atoms with Crippen molar-refractivity contribution in [2.45, 2.75) is 37.6 Å². The van der Waals surface area contributed by atoms with Crippen molar-refractivity contribution in [2.24, 2.45) is 0 Å². The Kier molecular flexibility index (Phi) is 4.71. The van der Waals surface area contributed by atoms with E-state index in [1.165, 1.54) is 4.90 Å². The Morgan fingerprint density at radius 3 is 2.41 bits per heavy atom. The highest BCUT2D eigenvalue weighted by molar-refractivity contribution is 8.45. The summed E-state index contributed by atoms with van der Waals surface area (Å²) in [6, 6.07) is 5.80. The zero-order chi connectivity index (χ0) is 23.4. The number of rotatable bonds is 5. The third-order valence-electron chi connectivity index (χ3n) is 5.34. The summed E-state index contributed by atoms with van der Waals surface area (Å²) in [6.07, 6.45) is 4.90. The number of hydrogen-bond acceptors (Lipinski definition) is 3. The molecule has 0 bridgehead atoms. The summed E-state index contributed by atoms with van der Waals surface area (Å²) in [5.74, 6) is -0.468. The van der Waals surface area contributed by atoms with Crippen molar-refractivity contribution in [3.63, 3.8) is 0 Å². The molecule has 1 aromatic carbocycles. The molecule has 0 N–H and O–H groups in total. The molecule has 0 unspecified atom stereocenters. The van der Waals surface area contributed by atoms with Crippen molar-refractivity contribution < 1.29 is 24.2 Å². The first-order chi connectivity index (χ1) is 14.8. The van der Waals surface area contributed by atoms with E-state index in [4.69, 9.17) is 0 Å². The molecule has 4 rings (SSSR count). The number of anilines is 1. The van der Waals surface area contributed by atoms with Gasteiger partial charge in [-0.05, 0) is 55.3 Å². The molecule has 0 aliphatic carbocycles. The molecule has 172 valence electrons. The van der Waals surface area contributed by atoms with Crippen LogP contribution in [0.5, 0.6) is 0 Å². The van der Waals surface area contributed by atoms with Crippen molar-refractivity contribution in [3.8, 4) is 11.1 Å². The second-order valence-electron chi connectivity index (χ2n) is 7.86. The van der Waals surface area contributed by atoms with Crippen molar-refractivity contribution in [3.05, 3.63) is 60.2 Å². The van der Waals surface area contributed by atoms with Gasteiger partial charge in [-0.15, -0.1) is 0 Å². The molecule has 2 aromatic heterocycles. The number of pyridine rings is 1. The Balaban J connectivity index is 1.73. The van der Waals surface area contributed by atoms with Gasteiger partial charge in [0.2, 0.25) is 0 Å². The van der Waals surface area contributed by atoms with Gasteiger partial charge in [-0.25, -0.2) is 0 Å². The van der Waals surface area contributed by atoms with Gasteiger partial charge < -0.3 is 4.90 Å². The number of aromatic nitrogens is 3. The second kappa shape index (κ2) is 6.77. The topological polar surface area (TPSA) is 51.0 Å². The Bertz CT molecular complexity index is 1190. The lowest BCUT2D eigenvalue weighted by molar-refractivity contribution is 0.0954. The number of hydrogen-bond donors (Lipinski definition) is 0. The van der Waals surface area contributed by atoms with Crippen LogP contribution in [0.15, 0.2) is 53.7 Å². The van der Waals surface area contributed by atoms with Crippen molar-refractivity contribution >= 4 is 21.8 Å². The van der Waals surface area contributed by atoms with Crippen LogP contribution in [0.2, 0.25) is 0 Å². The molecule has 0 saturated heterocycles. The molecule has 1 aliphatic heterocycles. The zero-order valence-electron chi connectivity index (χ0n) is 17.3. The maximum Gasteiger partial charge on any atom is 0.310 e. The van der Waals surface area contributed by atoms with E-state index in [0.29, 0.717) is 17.7 Å². The maximum absolute atomic E-state index is 13.3. The van der Waals surface area contributed by atoms with Crippen molar-refractivity contribution in [1.82, 2.24) is 14.8 Å². The van der Waals surface area contributed by atoms with Crippen LogP contribution in [-0.2, 0) is 6.42 Å². The van der Waals surface area contributed by atoms with Crippen molar-refractivity contribution in [1.29, 1.82) is 0 Å². The van der Waals surface area contributed by atoms with E-state index in [1.807, 2.05) is 19.9 Å². The molecular weight excluding hydrogens is 450 g/mol. The summed E-state index contributed by atoms with van der Waals surface area (Å²) in [6.45, 7) is 3.99. The van der Waals surface area contributed by atoms with Crippen LogP contribution in [-0.4, -0.2) is 27.2 Å². The molecular formula is C21H21F5N4OS. The molecule has 11 heteroatoms. The number of halogens is 5. The smallest absolute Gasteiger partial charge is 0.305 e. The zero-order valence-corrected chi connectivity index (χ0v) is 18.1. The number of carbonyl (C=O) groups excluding carboxylic acids is 1. The van der Waals surface area contributed by atoms with Crippen LogP contribution < -0.4 is 4.90 Å². The minimum absolute atomic E-state index is 0.104. The predicted molar refractivity (Wildman–Crippen MR) is 114 cm³/mol. The standard InChI is InChI=1S/C21H21F5N4OS/c1-3-4-16-11-15(9-10-27-16)19-12-28-30-14(2)13-29(21(31)20(19)30)17-5-7-18(8-6-17)32(22,23,24,25)26/h5-12,14H,3-4,13H2,1-2H3/t14-/m0/s1/i3-1. The average molecular weight is 471 g/mol. The lowest BCUT2D eigenvalue weighted by Crippen LogP contribution is -2.42. The summed E-state index contributed by atoms with van der Waals surface area (Å²) in [5.41, 5.74) is 2.59. The van der Waals surface area contributed by atoms with Crippen molar-refractivity contribution in [2.75, 3.05) is 11.4 Å². The summed E-state index contributed by atoms with van der Waals surface area (Å²) in [5, 5.41) is 4.34. The average Bonchev–Trinajstić information content (AvgIpc) is 3.16. The number of aryl methyl sites for hydroxylation is 1. The van der Waals surface area contributed by atoms with Gasteiger partial charge in [0.15, 0.2) is 0 Å². The van der Waals surface area contributed by atoms with Gasteiger partial charge in [-0.3, -0.25) is 14.5 Å². The van der Waals surface area contributed by atoms with Gasteiger partial charge in [0.25, 0.3) is 5.91 Å². The van der Waals surface area contributed by atoms with Crippen LogP contribution in [0.4, 0.5) is 25.1 Å². The molecule has 32 heavy (non-hydrogen) atoms. The molecule has 1 amide bonds. The fraction of sp³-hybridized carbons (Fsp3) is 0.286. The van der Waals surface area contributed by atoms with Gasteiger partial charge >= 0.3 is 10.2 Å². The monoisotopic (exact) mass is 471 g/mol. The van der Waals surface area contributed by atoms with Crippen LogP contribution in [0, 0.1) is 0 Å². The predicted octanol–water partition coefficient (Wildman–Crippen LogP) is 6.78. The molecule has 0 saturated carbocycles. The number of nitrogens with zero attached hydrogens (tertiary/aromatic N) is 4. The number of fused-ring (bicyclic) bond motifs is 1. The molecule has 0 fully saturated rings. The molecule has 0 radical (unpaired) electrons. The SMILES string of the molecule is C[11CH2]Cc1cc(-c2cnn3c2C(=O)N(c2ccc(S(F)(F)(F)(F)F)cc2)C[C@@H]3C)ccn1. The lowest BCUT2D eigenvalue weighted by atomic mass is 9.87. The Labute approximate surface area is 181 Å². The first-order valence-electron chi connectivity index (χ1n) is 9.97. The van der Waals surface area contributed by atoms with E-state index < -0.39 is 21.0 Å². The molecule has 3 heterocycles. The van der Waals surface area contributed by atoms with E-state index >= 15 is 0 Å². The molecule has 5 nitrogen and oxygen atoms in total. The highest BCUT2D eigenvalue weighted by Gasteiger charge is 2.65. The van der Waals surface area contributed by atoms with E-state index in [0.717, 1.165) is 36.2 Å². The van der Waals surface area contributed by atoms with Crippen LogP contribution in [0.1, 0.15) is 42.5 Å². The van der Waals surface area contributed by atoms with Gasteiger partial charge in [-0.1, -0.05) is 32.8 Å². The third kappa shape index (κ3) is 4.08. The first kappa shape index (κ1) is 22.3. The van der Waals surface area contributed by atoms with Crippen LogP contribution >= 0.6 is 10.2 Å². The summed E-state index contributed by atoms with van der Waals surface area (Å²) < 4.78 is 66.8.